The van der Waals surface area contributed by atoms with E-state index in [0.717, 1.165) is 25.7 Å². The zero-order valence-corrected chi connectivity index (χ0v) is 10.2. The molecule has 1 atom stereocenters. The molecule has 0 aromatic rings. The van der Waals surface area contributed by atoms with Gasteiger partial charge < -0.3 is 10.1 Å². The van der Waals surface area contributed by atoms with Gasteiger partial charge in [0, 0.05) is 6.04 Å². The highest BCUT2D eigenvalue weighted by atomic mass is 19.4. The summed E-state index contributed by atoms with van der Waals surface area (Å²) in [7, 11) is 1.66. The van der Waals surface area contributed by atoms with Crippen LogP contribution in [-0.2, 0) is 4.74 Å². The predicted molar refractivity (Wildman–Crippen MR) is 56.6 cm³/mol. The SMILES string of the molecule is CNC(COCC(F)(F)C(F)(F)F)C1CCCC1. The first-order valence-electron chi connectivity index (χ1n) is 5.97. The van der Waals surface area contributed by atoms with Crippen LogP contribution < -0.4 is 5.32 Å². The molecule has 0 aromatic heterocycles. The van der Waals surface area contributed by atoms with Gasteiger partial charge in [-0.25, -0.2) is 0 Å². The Morgan fingerprint density at radius 1 is 1.17 bits per heavy atom. The van der Waals surface area contributed by atoms with Crippen LogP contribution in [-0.4, -0.2) is 38.4 Å². The number of likely N-dealkylation sites (N-methyl/N-ethyl adjacent to an activating group) is 1. The van der Waals surface area contributed by atoms with Crippen molar-refractivity contribution in [3.8, 4) is 0 Å². The molecule has 2 nitrogen and oxygen atoms in total. The number of ether oxygens (including phenoxy) is 1. The second-order valence-corrected chi connectivity index (χ2v) is 4.66. The molecular formula is C11H18F5NO. The van der Waals surface area contributed by atoms with Crippen molar-refractivity contribution in [2.75, 3.05) is 20.3 Å². The third-order valence-corrected chi connectivity index (χ3v) is 3.34. The molecule has 108 valence electrons. The lowest BCUT2D eigenvalue weighted by atomic mass is 9.99. The largest absolute Gasteiger partial charge is 0.455 e. The summed E-state index contributed by atoms with van der Waals surface area (Å²) in [4.78, 5) is 0. The average molecular weight is 275 g/mol. The molecule has 1 saturated carbocycles. The molecule has 1 rings (SSSR count). The van der Waals surface area contributed by atoms with Gasteiger partial charge in [-0.1, -0.05) is 12.8 Å². The molecule has 0 bridgehead atoms. The van der Waals surface area contributed by atoms with E-state index in [1.54, 1.807) is 7.05 Å². The van der Waals surface area contributed by atoms with E-state index < -0.39 is 18.7 Å². The molecule has 0 radical (unpaired) electrons. The standard InChI is InChI=1S/C11H18F5NO/c1-17-9(8-4-2-3-5-8)6-18-7-10(12,13)11(14,15)16/h8-9,17H,2-7H2,1H3. The molecule has 1 N–H and O–H groups in total. The zero-order chi connectivity index (χ0) is 13.8. The van der Waals surface area contributed by atoms with Crippen LogP contribution in [0.25, 0.3) is 0 Å². The Morgan fingerprint density at radius 3 is 2.17 bits per heavy atom. The van der Waals surface area contributed by atoms with E-state index in [2.05, 4.69) is 10.1 Å². The predicted octanol–water partition coefficient (Wildman–Crippen LogP) is 2.98. The molecule has 0 amide bonds. The number of alkyl halides is 5. The molecule has 1 unspecified atom stereocenters. The summed E-state index contributed by atoms with van der Waals surface area (Å²) in [5.41, 5.74) is 0. The Hall–Kier alpha value is -0.430. The van der Waals surface area contributed by atoms with Crippen LogP contribution in [0.3, 0.4) is 0 Å². The van der Waals surface area contributed by atoms with Crippen LogP contribution in [0.4, 0.5) is 22.0 Å². The number of nitrogens with one attached hydrogen (secondary N) is 1. The van der Waals surface area contributed by atoms with E-state index in [-0.39, 0.29) is 12.6 Å². The van der Waals surface area contributed by atoms with E-state index in [0.29, 0.717) is 5.92 Å². The van der Waals surface area contributed by atoms with Crippen LogP contribution in [0.5, 0.6) is 0 Å². The van der Waals surface area contributed by atoms with Gasteiger partial charge in [0.25, 0.3) is 0 Å². The molecule has 0 aromatic carbocycles. The molecule has 0 spiro atoms. The van der Waals surface area contributed by atoms with Crippen molar-refractivity contribution in [2.45, 2.75) is 43.8 Å². The van der Waals surface area contributed by atoms with Crippen molar-refractivity contribution in [3.63, 3.8) is 0 Å². The van der Waals surface area contributed by atoms with Gasteiger partial charge in [-0.15, -0.1) is 0 Å². The van der Waals surface area contributed by atoms with E-state index in [4.69, 9.17) is 0 Å². The smallest absolute Gasteiger partial charge is 0.373 e. The second kappa shape index (κ2) is 6.14. The van der Waals surface area contributed by atoms with Crippen molar-refractivity contribution in [2.24, 2.45) is 5.92 Å². The Kier molecular flexibility index (Phi) is 5.33. The van der Waals surface area contributed by atoms with Crippen LogP contribution in [0.15, 0.2) is 0 Å². The highest BCUT2D eigenvalue weighted by Gasteiger charge is 2.57. The van der Waals surface area contributed by atoms with Gasteiger partial charge in [-0.3, -0.25) is 0 Å². The minimum Gasteiger partial charge on any atom is -0.373 e. The normalized spacial score (nSPS) is 20.3. The molecule has 1 aliphatic carbocycles. The maximum atomic E-state index is 12.6. The van der Waals surface area contributed by atoms with Crippen molar-refractivity contribution in [3.05, 3.63) is 0 Å². The number of hydrogen-bond acceptors (Lipinski definition) is 2. The van der Waals surface area contributed by atoms with Gasteiger partial charge >= 0.3 is 12.1 Å². The molecule has 0 aliphatic heterocycles. The Balaban J connectivity index is 2.35. The summed E-state index contributed by atoms with van der Waals surface area (Å²) in [5, 5.41) is 2.92. The first-order valence-corrected chi connectivity index (χ1v) is 5.97. The molecule has 1 fully saturated rings. The van der Waals surface area contributed by atoms with Crippen molar-refractivity contribution >= 4 is 0 Å². The fourth-order valence-electron chi connectivity index (χ4n) is 2.21. The molecule has 0 saturated heterocycles. The highest BCUT2D eigenvalue weighted by molar-refractivity contribution is 4.80. The topological polar surface area (TPSA) is 21.3 Å². The molecule has 7 heteroatoms. The quantitative estimate of drug-likeness (QED) is 0.752. The average Bonchev–Trinajstić information content (AvgIpc) is 2.76. The molecular weight excluding hydrogens is 257 g/mol. The molecule has 0 heterocycles. The minimum atomic E-state index is -5.55. The Labute approximate surface area is 103 Å². The van der Waals surface area contributed by atoms with E-state index >= 15 is 0 Å². The minimum absolute atomic E-state index is 0.118. The first kappa shape index (κ1) is 15.6. The summed E-state index contributed by atoms with van der Waals surface area (Å²) in [6.07, 6.45) is -1.48. The summed E-state index contributed by atoms with van der Waals surface area (Å²) in [5.74, 6) is -4.48. The summed E-state index contributed by atoms with van der Waals surface area (Å²) in [6, 6.07) is -0.156. The van der Waals surface area contributed by atoms with Crippen molar-refractivity contribution in [1.82, 2.24) is 5.32 Å². The first-order chi connectivity index (χ1) is 8.28. The number of rotatable bonds is 6. The monoisotopic (exact) mass is 275 g/mol. The maximum Gasteiger partial charge on any atom is 0.455 e. The van der Waals surface area contributed by atoms with Gasteiger partial charge in [0.05, 0.1) is 6.61 Å². The van der Waals surface area contributed by atoms with Gasteiger partial charge in [0.15, 0.2) is 0 Å². The summed E-state index contributed by atoms with van der Waals surface area (Å²) < 4.78 is 65.4. The van der Waals surface area contributed by atoms with Gasteiger partial charge in [-0.2, -0.15) is 22.0 Å². The van der Waals surface area contributed by atoms with Crippen molar-refractivity contribution < 1.29 is 26.7 Å². The lowest BCUT2D eigenvalue weighted by Crippen LogP contribution is -2.43. The van der Waals surface area contributed by atoms with Crippen LogP contribution in [0, 0.1) is 5.92 Å². The highest BCUT2D eigenvalue weighted by Crippen LogP contribution is 2.35. The second-order valence-electron chi connectivity index (χ2n) is 4.66. The third kappa shape index (κ3) is 4.05. The summed E-state index contributed by atoms with van der Waals surface area (Å²) in [6.45, 7) is -1.73. The van der Waals surface area contributed by atoms with Crippen LogP contribution >= 0.6 is 0 Å². The van der Waals surface area contributed by atoms with E-state index in [1.807, 2.05) is 0 Å². The van der Waals surface area contributed by atoms with Crippen LogP contribution in [0.2, 0.25) is 0 Å². The van der Waals surface area contributed by atoms with E-state index in [1.165, 1.54) is 0 Å². The van der Waals surface area contributed by atoms with Crippen LogP contribution in [0.1, 0.15) is 25.7 Å². The number of halogens is 5. The van der Waals surface area contributed by atoms with E-state index in [9.17, 15) is 22.0 Å². The fourth-order valence-corrected chi connectivity index (χ4v) is 2.21. The van der Waals surface area contributed by atoms with Gasteiger partial charge in [0.2, 0.25) is 0 Å². The Bertz CT molecular complexity index is 250. The van der Waals surface area contributed by atoms with Crippen molar-refractivity contribution in [1.29, 1.82) is 0 Å². The maximum absolute atomic E-state index is 12.6. The number of hydrogen-bond donors (Lipinski definition) is 1. The Morgan fingerprint density at radius 2 is 1.72 bits per heavy atom. The molecule has 1 aliphatic rings. The molecule has 18 heavy (non-hydrogen) atoms. The lowest BCUT2D eigenvalue weighted by Gasteiger charge is -2.25. The third-order valence-electron chi connectivity index (χ3n) is 3.34. The zero-order valence-electron chi connectivity index (χ0n) is 10.2. The van der Waals surface area contributed by atoms with Gasteiger partial charge in [-0.05, 0) is 25.8 Å². The summed E-state index contributed by atoms with van der Waals surface area (Å²) >= 11 is 0. The van der Waals surface area contributed by atoms with Gasteiger partial charge in [0.1, 0.15) is 6.61 Å². The fraction of sp³-hybridized carbons (Fsp3) is 1.00. The lowest BCUT2D eigenvalue weighted by molar-refractivity contribution is -0.297.